The molecule has 0 aromatic heterocycles. The van der Waals surface area contributed by atoms with E-state index in [9.17, 15) is 14.4 Å². The van der Waals surface area contributed by atoms with E-state index >= 15 is 0 Å². The fraction of sp³-hybridized carbons (Fsp3) is 0.400. The standard InChI is InChI=1S/C25H31N3O5/c1-25(2,3)33-24(31)28-15-9-12-19(16-28)23(30)27-26-22(29)17-32-21-14-8-7-13-20(21)18-10-5-4-6-11-18/h4-8,10-11,13-14,19H,9,12,15-17H2,1-3H3,(H,26,29)(H,27,30). The second-order valence-corrected chi connectivity index (χ2v) is 8.95. The average Bonchev–Trinajstić information content (AvgIpc) is 2.81. The first-order valence-corrected chi connectivity index (χ1v) is 11.1. The van der Waals surface area contributed by atoms with Crippen LogP contribution in [0.1, 0.15) is 33.6 Å². The van der Waals surface area contributed by atoms with Crippen LogP contribution in [0.4, 0.5) is 4.79 Å². The summed E-state index contributed by atoms with van der Waals surface area (Å²) in [6.45, 7) is 5.94. The van der Waals surface area contributed by atoms with Crippen molar-refractivity contribution in [2.75, 3.05) is 19.7 Å². The van der Waals surface area contributed by atoms with Gasteiger partial charge in [-0.1, -0.05) is 48.5 Å². The molecule has 1 unspecified atom stereocenters. The number of hydrogen-bond donors (Lipinski definition) is 2. The van der Waals surface area contributed by atoms with Crippen molar-refractivity contribution in [3.63, 3.8) is 0 Å². The Bertz CT molecular complexity index is 972. The molecular weight excluding hydrogens is 422 g/mol. The molecule has 0 spiro atoms. The molecular formula is C25H31N3O5. The number of nitrogens with one attached hydrogen (secondary N) is 2. The van der Waals surface area contributed by atoms with Gasteiger partial charge in [0, 0.05) is 18.7 Å². The molecule has 2 N–H and O–H groups in total. The van der Waals surface area contributed by atoms with Gasteiger partial charge >= 0.3 is 6.09 Å². The molecule has 2 aromatic rings. The van der Waals surface area contributed by atoms with Gasteiger partial charge in [-0.3, -0.25) is 20.4 Å². The zero-order valence-electron chi connectivity index (χ0n) is 19.3. The molecule has 33 heavy (non-hydrogen) atoms. The van der Waals surface area contributed by atoms with E-state index in [1.165, 1.54) is 4.90 Å². The molecule has 2 aromatic carbocycles. The van der Waals surface area contributed by atoms with Crippen molar-refractivity contribution >= 4 is 17.9 Å². The third-order valence-corrected chi connectivity index (χ3v) is 5.10. The number of ether oxygens (including phenoxy) is 2. The molecule has 176 valence electrons. The number of nitrogens with zero attached hydrogens (tertiary/aromatic N) is 1. The Labute approximate surface area is 194 Å². The van der Waals surface area contributed by atoms with E-state index < -0.39 is 23.5 Å². The number of hydrazine groups is 1. The topological polar surface area (TPSA) is 97.0 Å². The highest BCUT2D eigenvalue weighted by Crippen LogP contribution is 2.29. The van der Waals surface area contributed by atoms with Gasteiger partial charge in [0.25, 0.3) is 5.91 Å². The predicted molar refractivity (Wildman–Crippen MR) is 124 cm³/mol. The van der Waals surface area contributed by atoms with Crippen LogP contribution >= 0.6 is 0 Å². The van der Waals surface area contributed by atoms with Gasteiger partial charge in [-0.15, -0.1) is 0 Å². The quantitative estimate of drug-likeness (QED) is 0.675. The molecule has 0 radical (unpaired) electrons. The summed E-state index contributed by atoms with van der Waals surface area (Å²) in [5, 5.41) is 0. The van der Waals surface area contributed by atoms with Crippen LogP contribution < -0.4 is 15.6 Å². The Kier molecular flexibility index (Phi) is 7.92. The molecule has 8 nitrogen and oxygen atoms in total. The number of piperidine rings is 1. The normalized spacial score (nSPS) is 16.0. The Balaban J connectivity index is 1.48. The van der Waals surface area contributed by atoms with Crippen LogP contribution in [0.5, 0.6) is 5.75 Å². The number of likely N-dealkylation sites (tertiary alicyclic amines) is 1. The van der Waals surface area contributed by atoms with E-state index in [0.717, 1.165) is 11.1 Å². The van der Waals surface area contributed by atoms with Crippen LogP contribution in [0.25, 0.3) is 11.1 Å². The van der Waals surface area contributed by atoms with E-state index in [4.69, 9.17) is 9.47 Å². The smallest absolute Gasteiger partial charge is 0.410 e. The van der Waals surface area contributed by atoms with E-state index in [0.29, 0.717) is 25.1 Å². The molecule has 3 rings (SSSR count). The van der Waals surface area contributed by atoms with Crippen molar-refractivity contribution in [1.82, 2.24) is 15.8 Å². The zero-order chi connectivity index (χ0) is 23.8. The third-order valence-electron chi connectivity index (χ3n) is 5.10. The molecule has 3 amide bonds. The van der Waals surface area contributed by atoms with Gasteiger partial charge in [0.15, 0.2) is 6.61 Å². The van der Waals surface area contributed by atoms with Gasteiger partial charge in [-0.05, 0) is 45.2 Å². The minimum atomic E-state index is -0.598. The summed E-state index contributed by atoms with van der Waals surface area (Å²) in [6.07, 6.45) is 0.876. The van der Waals surface area contributed by atoms with Crippen molar-refractivity contribution in [1.29, 1.82) is 0 Å². The van der Waals surface area contributed by atoms with Crippen LogP contribution in [0.3, 0.4) is 0 Å². The summed E-state index contributed by atoms with van der Waals surface area (Å²) < 4.78 is 11.1. The summed E-state index contributed by atoms with van der Waals surface area (Å²) in [5.41, 5.74) is 6.10. The molecule has 0 bridgehead atoms. The lowest BCUT2D eigenvalue weighted by molar-refractivity contribution is -0.133. The highest BCUT2D eigenvalue weighted by molar-refractivity contribution is 5.84. The highest BCUT2D eigenvalue weighted by Gasteiger charge is 2.31. The van der Waals surface area contributed by atoms with Crippen molar-refractivity contribution < 1.29 is 23.9 Å². The molecule has 8 heteroatoms. The number of benzene rings is 2. The molecule has 1 saturated heterocycles. The fourth-order valence-electron chi connectivity index (χ4n) is 3.54. The Morgan fingerprint density at radius 3 is 2.42 bits per heavy atom. The van der Waals surface area contributed by atoms with E-state index in [-0.39, 0.29) is 19.1 Å². The second-order valence-electron chi connectivity index (χ2n) is 8.95. The van der Waals surface area contributed by atoms with Gasteiger partial charge in [-0.2, -0.15) is 0 Å². The van der Waals surface area contributed by atoms with Crippen LogP contribution in [0.2, 0.25) is 0 Å². The number of amides is 3. The Morgan fingerprint density at radius 2 is 1.70 bits per heavy atom. The van der Waals surface area contributed by atoms with E-state index in [2.05, 4.69) is 10.9 Å². The second kappa shape index (κ2) is 10.8. The first-order valence-electron chi connectivity index (χ1n) is 11.1. The van der Waals surface area contributed by atoms with Crippen LogP contribution in [0.15, 0.2) is 54.6 Å². The number of rotatable bonds is 5. The SMILES string of the molecule is CC(C)(C)OC(=O)N1CCCC(C(=O)NNC(=O)COc2ccccc2-c2ccccc2)C1. The lowest BCUT2D eigenvalue weighted by atomic mass is 9.98. The molecule has 1 atom stereocenters. The van der Waals surface area contributed by atoms with Gasteiger partial charge in [0.05, 0.1) is 5.92 Å². The number of carbonyl (C=O) groups excluding carboxylic acids is 3. The summed E-state index contributed by atoms with van der Waals surface area (Å²) >= 11 is 0. The Morgan fingerprint density at radius 1 is 1.00 bits per heavy atom. The van der Waals surface area contributed by atoms with Crippen LogP contribution in [0, 0.1) is 5.92 Å². The summed E-state index contributed by atoms with van der Waals surface area (Å²) in [4.78, 5) is 38.6. The fourth-order valence-corrected chi connectivity index (χ4v) is 3.54. The number of para-hydroxylation sites is 1. The monoisotopic (exact) mass is 453 g/mol. The molecule has 0 aliphatic carbocycles. The third kappa shape index (κ3) is 7.24. The van der Waals surface area contributed by atoms with E-state index in [1.807, 2.05) is 48.5 Å². The highest BCUT2D eigenvalue weighted by atomic mass is 16.6. The number of carbonyl (C=O) groups is 3. The Hall–Kier alpha value is -3.55. The van der Waals surface area contributed by atoms with Gasteiger partial charge in [0.1, 0.15) is 11.4 Å². The lowest BCUT2D eigenvalue weighted by Gasteiger charge is -2.33. The predicted octanol–water partition coefficient (Wildman–Crippen LogP) is 3.53. The van der Waals surface area contributed by atoms with Crippen molar-refractivity contribution in [3.8, 4) is 16.9 Å². The van der Waals surface area contributed by atoms with Crippen molar-refractivity contribution in [2.24, 2.45) is 5.92 Å². The van der Waals surface area contributed by atoms with Gasteiger partial charge in [0.2, 0.25) is 5.91 Å². The van der Waals surface area contributed by atoms with Gasteiger partial charge < -0.3 is 14.4 Å². The average molecular weight is 454 g/mol. The maximum Gasteiger partial charge on any atom is 0.410 e. The molecule has 1 fully saturated rings. The summed E-state index contributed by atoms with van der Waals surface area (Å²) in [5.74, 6) is -0.677. The summed E-state index contributed by atoms with van der Waals surface area (Å²) in [7, 11) is 0. The first-order chi connectivity index (χ1) is 15.7. The zero-order valence-corrected chi connectivity index (χ0v) is 19.3. The number of hydrogen-bond acceptors (Lipinski definition) is 5. The first kappa shape index (κ1) is 24.1. The minimum absolute atomic E-state index is 0.248. The van der Waals surface area contributed by atoms with E-state index in [1.54, 1.807) is 26.8 Å². The molecule has 0 saturated carbocycles. The van der Waals surface area contributed by atoms with Crippen LogP contribution in [-0.4, -0.2) is 48.1 Å². The lowest BCUT2D eigenvalue weighted by Crippen LogP contribution is -2.51. The summed E-state index contributed by atoms with van der Waals surface area (Å²) in [6, 6.07) is 17.2. The minimum Gasteiger partial charge on any atom is -0.483 e. The molecule has 1 aliphatic rings. The van der Waals surface area contributed by atoms with Crippen molar-refractivity contribution in [2.45, 2.75) is 39.2 Å². The maximum absolute atomic E-state index is 12.5. The van der Waals surface area contributed by atoms with Gasteiger partial charge in [-0.25, -0.2) is 4.79 Å². The maximum atomic E-state index is 12.5. The van der Waals surface area contributed by atoms with Crippen molar-refractivity contribution in [3.05, 3.63) is 54.6 Å². The molecule has 1 heterocycles. The largest absolute Gasteiger partial charge is 0.483 e. The molecule has 1 aliphatic heterocycles. The van der Waals surface area contributed by atoms with Crippen LogP contribution in [-0.2, 0) is 14.3 Å².